The third-order valence-corrected chi connectivity index (χ3v) is 3.68. The highest BCUT2D eigenvalue weighted by atomic mass is 32.2. The van der Waals surface area contributed by atoms with Crippen LogP contribution in [0.3, 0.4) is 0 Å². The summed E-state index contributed by atoms with van der Waals surface area (Å²) >= 11 is 1.62. The average molecular weight is 267 g/mol. The number of hydrogen-bond donors (Lipinski definition) is 2. The van der Waals surface area contributed by atoms with Gasteiger partial charge >= 0.3 is 0 Å². The van der Waals surface area contributed by atoms with Crippen LogP contribution in [0.15, 0.2) is 18.2 Å². The SMILES string of the molecule is CC(CO)CSCc1ccc(C#CCN)cc1F. The van der Waals surface area contributed by atoms with Crippen LogP contribution in [0.2, 0.25) is 0 Å². The van der Waals surface area contributed by atoms with Crippen molar-refractivity contribution in [3.8, 4) is 11.8 Å². The molecular formula is C14H18FNOS. The van der Waals surface area contributed by atoms with Crippen molar-refractivity contribution in [2.45, 2.75) is 12.7 Å². The van der Waals surface area contributed by atoms with E-state index in [4.69, 9.17) is 10.8 Å². The molecule has 0 spiro atoms. The predicted octanol–water partition coefficient (Wildman–Crippen LogP) is 2.00. The Morgan fingerprint density at radius 1 is 1.50 bits per heavy atom. The largest absolute Gasteiger partial charge is 0.396 e. The number of rotatable bonds is 5. The fourth-order valence-electron chi connectivity index (χ4n) is 1.32. The van der Waals surface area contributed by atoms with Gasteiger partial charge in [0.2, 0.25) is 0 Å². The summed E-state index contributed by atoms with van der Waals surface area (Å²) in [5.74, 6) is 6.94. The Bertz CT molecular complexity index is 439. The Hall–Kier alpha value is -1.02. The van der Waals surface area contributed by atoms with Crippen LogP contribution >= 0.6 is 11.8 Å². The molecule has 0 aliphatic carbocycles. The maximum absolute atomic E-state index is 13.7. The molecule has 0 aliphatic heterocycles. The van der Waals surface area contributed by atoms with Crippen LogP contribution in [0.4, 0.5) is 4.39 Å². The average Bonchev–Trinajstić information content (AvgIpc) is 2.38. The van der Waals surface area contributed by atoms with Gasteiger partial charge in [-0.05, 0) is 29.4 Å². The third kappa shape index (κ3) is 5.09. The molecule has 0 amide bonds. The molecule has 0 radical (unpaired) electrons. The van der Waals surface area contributed by atoms with Crippen LogP contribution < -0.4 is 5.73 Å². The van der Waals surface area contributed by atoms with Crippen molar-refractivity contribution in [2.24, 2.45) is 11.7 Å². The third-order valence-electron chi connectivity index (χ3n) is 2.36. The zero-order chi connectivity index (χ0) is 13.4. The molecule has 0 bridgehead atoms. The van der Waals surface area contributed by atoms with Gasteiger partial charge < -0.3 is 10.8 Å². The van der Waals surface area contributed by atoms with Gasteiger partial charge in [-0.2, -0.15) is 11.8 Å². The van der Waals surface area contributed by atoms with Crippen molar-refractivity contribution in [3.63, 3.8) is 0 Å². The molecule has 18 heavy (non-hydrogen) atoms. The van der Waals surface area contributed by atoms with Crippen LogP contribution in [-0.4, -0.2) is 24.0 Å². The second-order valence-corrected chi connectivity index (χ2v) is 5.15. The lowest BCUT2D eigenvalue weighted by Gasteiger charge is -2.07. The quantitative estimate of drug-likeness (QED) is 0.802. The number of benzene rings is 1. The van der Waals surface area contributed by atoms with Gasteiger partial charge in [0, 0.05) is 17.9 Å². The molecule has 0 saturated carbocycles. The Morgan fingerprint density at radius 3 is 2.89 bits per heavy atom. The second kappa shape index (κ2) is 8.15. The van der Waals surface area contributed by atoms with Gasteiger partial charge in [-0.15, -0.1) is 0 Å². The lowest BCUT2D eigenvalue weighted by Crippen LogP contribution is -2.03. The highest BCUT2D eigenvalue weighted by Crippen LogP contribution is 2.18. The van der Waals surface area contributed by atoms with E-state index in [0.29, 0.717) is 16.9 Å². The van der Waals surface area contributed by atoms with Gasteiger partial charge in [0.25, 0.3) is 0 Å². The van der Waals surface area contributed by atoms with E-state index in [0.717, 1.165) is 5.75 Å². The molecule has 2 nitrogen and oxygen atoms in total. The Balaban J connectivity index is 2.57. The molecule has 1 unspecified atom stereocenters. The van der Waals surface area contributed by atoms with Crippen molar-refractivity contribution >= 4 is 11.8 Å². The summed E-state index contributed by atoms with van der Waals surface area (Å²) in [6, 6.07) is 5.00. The lowest BCUT2D eigenvalue weighted by molar-refractivity contribution is 0.250. The molecule has 1 rings (SSSR count). The molecule has 98 valence electrons. The van der Waals surface area contributed by atoms with E-state index in [1.54, 1.807) is 23.9 Å². The highest BCUT2D eigenvalue weighted by molar-refractivity contribution is 7.98. The van der Waals surface area contributed by atoms with Crippen LogP contribution in [0.5, 0.6) is 0 Å². The van der Waals surface area contributed by atoms with Crippen molar-refractivity contribution < 1.29 is 9.50 Å². The molecular weight excluding hydrogens is 249 g/mol. The summed E-state index contributed by atoms with van der Waals surface area (Å²) in [6.07, 6.45) is 0. The summed E-state index contributed by atoms with van der Waals surface area (Å²) in [5, 5.41) is 8.89. The van der Waals surface area contributed by atoms with Crippen molar-refractivity contribution in [1.82, 2.24) is 0 Å². The Kier molecular flexibility index (Phi) is 6.81. The van der Waals surface area contributed by atoms with Crippen LogP contribution in [-0.2, 0) is 5.75 Å². The van der Waals surface area contributed by atoms with Crippen molar-refractivity contribution in [2.75, 3.05) is 18.9 Å². The maximum Gasteiger partial charge on any atom is 0.128 e. The second-order valence-electron chi connectivity index (χ2n) is 4.11. The predicted molar refractivity (Wildman–Crippen MR) is 74.7 cm³/mol. The van der Waals surface area contributed by atoms with Crippen molar-refractivity contribution in [1.29, 1.82) is 0 Å². The monoisotopic (exact) mass is 267 g/mol. The number of aliphatic hydroxyl groups is 1. The zero-order valence-corrected chi connectivity index (χ0v) is 11.3. The first-order valence-electron chi connectivity index (χ1n) is 5.83. The first-order chi connectivity index (χ1) is 8.67. The van der Waals surface area contributed by atoms with Gasteiger partial charge in [-0.1, -0.05) is 24.8 Å². The fourth-order valence-corrected chi connectivity index (χ4v) is 2.40. The highest BCUT2D eigenvalue weighted by Gasteiger charge is 2.05. The normalized spacial score (nSPS) is 11.8. The topological polar surface area (TPSA) is 46.2 Å². The lowest BCUT2D eigenvalue weighted by atomic mass is 10.1. The van der Waals surface area contributed by atoms with Gasteiger partial charge in [0.15, 0.2) is 0 Å². The summed E-state index contributed by atoms with van der Waals surface area (Å²) in [5.41, 5.74) is 6.58. The van der Waals surface area contributed by atoms with E-state index in [1.165, 1.54) is 6.07 Å². The molecule has 1 aromatic carbocycles. The number of aliphatic hydroxyl groups excluding tert-OH is 1. The first-order valence-corrected chi connectivity index (χ1v) is 6.98. The molecule has 4 heteroatoms. The van der Waals surface area contributed by atoms with E-state index >= 15 is 0 Å². The minimum atomic E-state index is -0.233. The molecule has 0 aromatic heterocycles. The number of hydrogen-bond acceptors (Lipinski definition) is 3. The molecule has 1 aromatic rings. The minimum Gasteiger partial charge on any atom is -0.396 e. The first kappa shape index (κ1) is 15.0. The van der Waals surface area contributed by atoms with Gasteiger partial charge in [-0.25, -0.2) is 4.39 Å². The summed E-state index contributed by atoms with van der Waals surface area (Å²) in [6.45, 7) is 2.41. The summed E-state index contributed by atoms with van der Waals surface area (Å²) in [7, 11) is 0. The standard InChI is InChI=1S/C14H18FNOS/c1-11(8-17)9-18-10-13-5-4-12(3-2-6-16)7-14(13)15/h4-5,7,11,17H,6,8-10,16H2,1H3. The molecule has 0 heterocycles. The van der Waals surface area contributed by atoms with Crippen LogP contribution in [0, 0.1) is 23.6 Å². The number of thioether (sulfide) groups is 1. The van der Waals surface area contributed by atoms with E-state index in [2.05, 4.69) is 11.8 Å². The van der Waals surface area contributed by atoms with E-state index in [1.807, 2.05) is 6.92 Å². The van der Waals surface area contributed by atoms with Crippen LogP contribution in [0.25, 0.3) is 0 Å². The van der Waals surface area contributed by atoms with Crippen LogP contribution in [0.1, 0.15) is 18.1 Å². The van der Waals surface area contributed by atoms with Gasteiger partial charge in [0.1, 0.15) is 5.82 Å². The van der Waals surface area contributed by atoms with Crippen molar-refractivity contribution in [3.05, 3.63) is 35.1 Å². The van der Waals surface area contributed by atoms with E-state index in [-0.39, 0.29) is 24.9 Å². The summed E-state index contributed by atoms with van der Waals surface area (Å²) in [4.78, 5) is 0. The number of nitrogens with two attached hydrogens (primary N) is 1. The minimum absolute atomic E-state index is 0.170. The zero-order valence-electron chi connectivity index (χ0n) is 10.4. The van der Waals surface area contributed by atoms with E-state index in [9.17, 15) is 4.39 Å². The maximum atomic E-state index is 13.7. The molecule has 0 saturated heterocycles. The molecule has 3 N–H and O–H groups in total. The number of halogens is 1. The molecule has 0 aliphatic rings. The Morgan fingerprint density at radius 2 is 2.28 bits per heavy atom. The van der Waals surface area contributed by atoms with Gasteiger partial charge in [-0.3, -0.25) is 0 Å². The smallest absolute Gasteiger partial charge is 0.128 e. The fraction of sp³-hybridized carbons (Fsp3) is 0.429. The summed E-state index contributed by atoms with van der Waals surface area (Å²) < 4.78 is 13.7. The Labute approximate surface area is 112 Å². The molecule has 1 atom stereocenters. The molecule has 0 fully saturated rings. The van der Waals surface area contributed by atoms with E-state index < -0.39 is 0 Å². The van der Waals surface area contributed by atoms with Gasteiger partial charge in [0.05, 0.1) is 6.54 Å².